The Morgan fingerprint density at radius 3 is 2.11 bits per heavy atom. The van der Waals surface area contributed by atoms with Crippen LogP contribution in [0.25, 0.3) is 0 Å². The van der Waals surface area contributed by atoms with Gasteiger partial charge in [-0.25, -0.2) is 8.42 Å². The Labute approximate surface area is 276 Å². The summed E-state index contributed by atoms with van der Waals surface area (Å²) in [5.74, 6) is 0.888. The number of nitrogens with zero attached hydrogens (tertiary/aromatic N) is 2. The summed E-state index contributed by atoms with van der Waals surface area (Å²) in [6.45, 7) is 1.79. The van der Waals surface area contributed by atoms with Crippen LogP contribution in [0.15, 0.2) is 108 Å². The summed E-state index contributed by atoms with van der Waals surface area (Å²) in [6, 6.07) is 30.9. The maximum absolute atomic E-state index is 14.1. The van der Waals surface area contributed by atoms with E-state index in [1.54, 1.807) is 29.2 Å². The average molecular weight is 654 g/mol. The smallest absolute Gasteiger partial charge is 0.243 e. The molecule has 0 spiro atoms. The molecule has 0 radical (unpaired) electrons. The van der Waals surface area contributed by atoms with E-state index in [1.165, 1.54) is 4.31 Å². The fourth-order valence-corrected chi connectivity index (χ4v) is 7.51. The van der Waals surface area contributed by atoms with Gasteiger partial charge in [-0.05, 0) is 65.8 Å². The fourth-order valence-electron chi connectivity index (χ4n) is 5.99. The zero-order chi connectivity index (χ0) is 32.6. The topological polar surface area (TPSA) is 105 Å². The number of carbonyl (C=O) groups is 2. The monoisotopic (exact) mass is 653 g/mol. The summed E-state index contributed by atoms with van der Waals surface area (Å²) in [6.07, 6.45) is 2.66. The molecule has 1 fully saturated rings. The van der Waals surface area contributed by atoms with Crippen LogP contribution in [0.4, 0.5) is 0 Å². The lowest BCUT2D eigenvalue weighted by Crippen LogP contribution is -2.50. The maximum Gasteiger partial charge on any atom is 0.243 e. The maximum atomic E-state index is 14.1. The summed E-state index contributed by atoms with van der Waals surface area (Å²) in [5, 5.41) is 3.06. The number of aryl methyl sites for hydroxylation is 1. The molecule has 2 aliphatic heterocycles. The van der Waals surface area contributed by atoms with Crippen molar-refractivity contribution in [3.8, 4) is 11.5 Å². The fraction of sp³-hybridized carbons (Fsp3) is 0.297. The molecule has 2 heterocycles. The van der Waals surface area contributed by atoms with Crippen LogP contribution < -0.4 is 14.8 Å². The van der Waals surface area contributed by atoms with E-state index in [0.717, 1.165) is 35.1 Å². The molecule has 0 unspecified atom stereocenters. The number of rotatable bonds is 13. The predicted molar refractivity (Wildman–Crippen MR) is 178 cm³/mol. The Morgan fingerprint density at radius 1 is 0.766 bits per heavy atom. The molecule has 6 rings (SSSR count). The van der Waals surface area contributed by atoms with Gasteiger partial charge in [-0.15, -0.1) is 0 Å². The highest BCUT2D eigenvalue weighted by Crippen LogP contribution is 2.32. The van der Waals surface area contributed by atoms with E-state index in [4.69, 9.17) is 9.47 Å². The minimum Gasteiger partial charge on any atom is -0.454 e. The van der Waals surface area contributed by atoms with Gasteiger partial charge in [0.2, 0.25) is 28.6 Å². The molecule has 1 atom stereocenters. The minimum atomic E-state index is -3.51. The zero-order valence-corrected chi connectivity index (χ0v) is 27.0. The predicted octanol–water partition coefficient (Wildman–Crippen LogP) is 5.09. The van der Waals surface area contributed by atoms with Crippen molar-refractivity contribution in [3.05, 3.63) is 125 Å². The Bertz CT molecular complexity index is 1780. The van der Waals surface area contributed by atoms with Crippen LogP contribution in [0, 0.1) is 0 Å². The molecule has 4 aromatic carbocycles. The van der Waals surface area contributed by atoms with E-state index in [2.05, 4.69) is 5.32 Å². The van der Waals surface area contributed by atoms with Gasteiger partial charge in [-0.3, -0.25) is 9.59 Å². The number of hydrogen-bond donors (Lipinski definition) is 1. The van der Waals surface area contributed by atoms with Gasteiger partial charge in [0, 0.05) is 39.0 Å². The zero-order valence-electron chi connectivity index (χ0n) is 26.2. The van der Waals surface area contributed by atoms with Crippen LogP contribution in [0.5, 0.6) is 11.5 Å². The normalized spacial score (nSPS) is 14.9. The molecule has 2 amide bonds. The first-order valence-corrected chi connectivity index (χ1v) is 17.4. The van der Waals surface area contributed by atoms with Gasteiger partial charge in [0.1, 0.15) is 6.04 Å². The molecule has 10 heteroatoms. The highest BCUT2D eigenvalue weighted by Gasteiger charge is 2.31. The molecule has 4 aromatic rings. The summed E-state index contributed by atoms with van der Waals surface area (Å²) in [5.41, 5.74) is 3.57. The Kier molecular flexibility index (Phi) is 10.2. The number of nitrogens with one attached hydrogen (secondary N) is 1. The van der Waals surface area contributed by atoms with E-state index in [-0.39, 0.29) is 43.0 Å². The van der Waals surface area contributed by atoms with Crippen molar-refractivity contribution >= 4 is 21.8 Å². The molecular weight excluding hydrogens is 614 g/mol. The van der Waals surface area contributed by atoms with Crippen molar-refractivity contribution in [3.63, 3.8) is 0 Å². The largest absolute Gasteiger partial charge is 0.454 e. The molecule has 0 saturated carbocycles. The lowest BCUT2D eigenvalue weighted by Gasteiger charge is -2.32. The first-order valence-electron chi connectivity index (χ1n) is 16.0. The van der Waals surface area contributed by atoms with Crippen LogP contribution >= 0.6 is 0 Å². The summed E-state index contributed by atoms with van der Waals surface area (Å²) >= 11 is 0. The number of benzene rings is 4. The lowest BCUT2D eigenvalue weighted by molar-refractivity contribution is -0.141. The number of ether oxygens (including phenoxy) is 2. The Balaban J connectivity index is 1.20. The van der Waals surface area contributed by atoms with Crippen molar-refractivity contribution in [1.82, 2.24) is 14.5 Å². The van der Waals surface area contributed by atoms with Crippen molar-refractivity contribution in [2.24, 2.45) is 0 Å². The van der Waals surface area contributed by atoms with Crippen molar-refractivity contribution in [1.29, 1.82) is 0 Å². The van der Waals surface area contributed by atoms with Crippen molar-refractivity contribution in [2.45, 2.75) is 56.1 Å². The van der Waals surface area contributed by atoms with Crippen LogP contribution in [0.2, 0.25) is 0 Å². The molecule has 1 saturated heterocycles. The molecule has 0 aromatic heterocycles. The van der Waals surface area contributed by atoms with Gasteiger partial charge in [0.15, 0.2) is 11.5 Å². The van der Waals surface area contributed by atoms with Crippen LogP contribution in [-0.2, 0) is 45.5 Å². The van der Waals surface area contributed by atoms with Crippen LogP contribution in [-0.4, -0.2) is 55.4 Å². The van der Waals surface area contributed by atoms with E-state index in [1.807, 2.05) is 78.9 Å². The molecule has 47 heavy (non-hydrogen) atoms. The number of carbonyl (C=O) groups excluding carboxylic acids is 2. The van der Waals surface area contributed by atoms with Gasteiger partial charge in [0.25, 0.3) is 0 Å². The van der Waals surface area contributed by atoms with Crippen molar-refractivity contribution in [2.75, 3.05) is 19.9 Å². The second kappa shape index (κ2) is 14.8. The highest BCUT2D eigenvalue weighted by molar-refractivity contribution is 7.89. The first kappa shape index (κ1) is 32.3. The lowest BCUT2D eigenvalue weighted by atomic mass is 10.0. The molecular formula is C37H39N3O6S. The van der Waals surface area contributed by atoms with E-state index in [0.29, 0.717) is 37.4 Å². The van der Waals surface area contributed by atoms with Crippen LogP contribution in [0.1, 0.15) is 41.5 Å². The van der Waals surface area contributed by atoms with Gasteiger partial charge in [0.05, 0.1) is 4.90 Å². The third kappa shape index (κ3) is 8.01. The minimum absolute atomic E-state index is 0.159. The average Bonchev–Trinajstić information content (AvgIpc) is 3.82. The molecule has 0 bridgehead atoms. The Morgan fingerprint density at radius 2 is 1.40 bits per heavy atom. The SMILES string of the molecule is O=C(NCc1ccc2c(c1)OCO2)[C@@H](Cc1ccccc1)N(Cc1ccccc1)C(=O)CCc1ccc(S(=O)(=O)N2CCCC2)cc1. The second-order valence-corrected chi connectivity index (χ2v) is 13.8. The standard InChI is InChI=1S/C37H39N3O6S/c41-36(20-16-28-13-17-32(18-14-28)47(43,44)39-21-7-8-22-39)40(26-30-11-5-2-6-12-30)33(23-29-9-3-1-4-10-29)37(42)38-25-31-15-19-34-35(24-31)46-27-45-34/h1-6,9-15,17-19,24,33H,7-8,16,20-23,25-27H2,(H,38,42)/t33-/m1/s1. The van der Waals surface area contributed by atoms with Gasteiger partial charge in [-0.2, -0.15) is 4.31 Å². The molecule has 1 N–H and O–H groups in total. The third-order valence-electron chi connectivity index (χ3n) is 8.62. The Hall–Kier alpha value is -4.67. The molecule has 9 nitrogen and oxygen atoms in total. The second-order valence-electron chi connectivity index (χ2n) is 11.9. The number of sulfonamides is 1. The van der Waals surface area contributed by atoms with Crippen molar-refractivity contribution < 1.29 is 27.5 Å². The third-order valence-corrected chi connectivity index (χ3v) is 10.5. The number of fused-ring (bicyclic) bond motifs is 1. The first-order chi connectivity index (χ1) is 22.9. The van der Waals surface area contributed by atoms with Gasteiger partial charge in [-0.1, -0.05) is 78.9 Å². The summed E-state index contributed by atoms with van der Waals surface area (Å²) in [7, 11) is -3.51. The molecule has 0 aliphatic carbocycles. The molecule has 2 aliphatic rings. The van der Waals surface area contributed by atoms with E-state index < -0.39 is 16.1 Å². The number of hydrogen-bond acceptors (Lipinski definition) is 6. The highest BCUT2D eigenvalue weighted by atomic mass is 32.2. The number of amides is 2. The summed E-state index contributed by atoms with van der Waals surface area (Å²) < 4.78 is 38.4. The summed E-state index contributed by atoms with van der Waals surface area (Å²) in [4.78, 5) is 30.0. The van der Waals surface area contributed by atoms with Gasteiger partial charge >= 0.3 is 0 Å². The molecule has 244 valence electrons. The van der Waals surface area contributed by atoms with Crippen LogP contribution in [0.3, 0.4) is 0 Å². The van der Waals surface area contributed by atoms with E-state index >= 15 is 0 Å². The van der Waals surface area contributed by atoms with Gasteiger partial charge < -0.3 is 19.7 Å². The van der Waals surface area contributed by atoms with E-state index in [9.17, 15) is 18.0 Å². The quantitative estimate of drug-likeness (QED) is 0.216.